The number of hydrogen-bond donors (Lipinski definition) is 0. The normalized spacial score (nSPS) is 17.7. The molecule has 0 aliphatic rings. The van der Waals surface area contributed by atoms with Crippen molar-refractivity contribution in [3.63, 3.8) is 0 Å². The minimum absolute atomic E-state index is 0.00201. The van der Waals surface area contributed by atoms with Gasteiger partial charge in [0, 0.05) is 10.8 Å². The predicted molar refractivity (Wildman–Crippen MR) is 57.5 cm³/mol. The van der Waals surface area contributed by atoms with Crippen LogP contribution in [0.15, 0.2) is 0 Å². The zero-order valence-electron chi connectivity index (χ0n) is 8.97. The van der Waals surface area contributed by atoms with E-state index in [2.05, 4.69) is 0 Å². The van der Waals surface area contributed by atoms with Gasteiger partial charge in [-0.1, -0.05) is 26.7 Å². The van der Waals surface area contributed by atoms with Gasteiger partial charge in [-0.05, 0) is 12.8 Å². The van der Waals surface area contributed by atoms with Crippen molar-refractivity contribution in [1.82, 2.24) is 0 Å². The van der Waals surface area contributed by atoms with Crippen LogP contribution in [0.4, 0.5) is 8.78 Å². The first-order chi connectivity index (χ1) is 6.60. The largest absolute Gasteiger partial charge is 0.259 e. The molecule has 14 heavy (non-hydrogen) atoms. The van der Waals surface area contributed by atoms with Crippen molar-refractivity contribution in [3.05, 3.63) is 0 Å². The summed E-state index contributed by atoms with van der Waals surface area (Å²) in [5, 5.41) is 0. The molecule has 2 atom stereocenters. The first kappa shape index (κ1) is 14.0. The molecule has 4 heteroatoms. The van der Waals surface area contributed by atoms with Gasteiger partial charge in [-0.3, -0.25) is 4.21 Å². The Kier molecular flexibility index (Phi) is 8.34. The summed E-state index contributed by atoms with van der Waals surface area (Å²) in [6.07, 6.45) is 0.274. The topological polar surface area (TPSA) is 17.1 Å². The Hall–Kier alpha value is 0.01000. The van der Waals surface area contributed by atoms with Crippen LogP contribution in [0, 0.1) is 0 Å². The van der Waals surface area contributed by atoms with E-state index < -0.39 is 23.1 Å². The van der Waals surface area contributed by atoms with E-state index in [1.165, 1.54) is 0 Å². The van der Waals surface area contributed by atoms with Crippen LogP contribution < -0.4 is 0 Å². The molecule has 0 spiro atoms. The highest BCUT2D eigenvalue weighted by Gasteiger charge is 2.14. The Labute approximate surface area is 87.7 Å². The van der Waals surface area contributed by atoms with Gasteiger partial charge in [0.1, 0.15) is 12.3 Å². The fourth-order valence-electron chi connectivity index (χ4n) is 1.26. The zero-order chi connectivity index (χ0) is 11.0. The lowest BCUT2D eigenvalue weighted by Crippen LogP contribution is -2.19. The Morgan fingerprint density at radius 1 is 1.00 bits per heavy atom. The molecule has 0 saturated heterocycles. The maximum Gasteiger partial charge on any atom is 0.112 e. The minimum Gasteiger partial charge on any atom is -0.259 e. The number of rotatable bonds is 8. The van der Waals surface area contributed by atoms with Gasteiger partial charge >= 0.3 is 0 Å². The average Bonchev–Trinajstić information content (AvgIpc) is 2.03. The van der Waals surface area contributed by atoms with E-state index in [1.807, 2.05) is 13.8 Å². The quantitative estimate of drug-likeness (QED) is 0.622. The highest BCUT2D eigenvalue weighted by molar-refractivity contribution is 7.85. The molecule has 0 radical (unpaired) electrons. The molecule has 0 heterocycles. The zero-order valence-corrected chi connectivity index (χ0v) is 9.79. The van der Waals surface area contributed by atoms with Crippen molar-refractivity contribution in [2.45, 2.75) is 51.9 Å². The molecule has 0 fully saturated rings. The van der Waals surface area contributed by atoms with Crippen molar-refractivity contribution in [2.24, 2.45) is 0 Å². The van der Waals surface area contributed by atoms with Gasteiger partial charge in [0.2, 0.25) is 0 Å². The molecule has 0 aliphatic carbocycles. The summed E-state index contributed by atoms with van der Waals surface area (Å²) in [4.78, 5) is 0. The maximum atomic E-state index is 13.0. The van der Waals surface area contributed by atoms with Crippen molar-refractivity contribution in [1.29, 1.82) is 0 Å². The molecular formula is C10H20F2OS. The molecule has 0 amide bonds. The van der Waals surface area contributed by atoms with Crippen LogP contribution >= 0.6 is 0 Å². The standard InChI is InChI=1S/C10H20F2OS/c1-3-5-9(11)7-14(13)8-10(12)6-4-2/h9-10H,3-8H2,1-2H3. The van der Waals surface area contributed by atoms with Crippen molar-refractivity contribution in [2.75, 3.05) is 11.5 Å². The minimum atomic E-state index is -1.33. The first-order valence-electron chi connectivity index (χ1n) is 5.23. The van der Waals surface area contributed by atoms with E-state index in [9.17, 15) is 13.0 Å². The Morgan fingerprint density at radius 3 is 1.64 bits per heavy atom. The molecular weight excluding hydrogens is 206 g/mol. The van der Waals surface area contributed by atoms with Crippen LogP contribution in [-0.2, 0) is 10.8 Å². The van der Waals surface area contributed by atoms with E-state index in [4.69, 9.17) is 0 Å². The third-order valence-electron chi connectivity index (χ3n) is 1.94. The lowest BCUT2D eigenvalue weighted by atomic mass is 10.2. The molecule has 0 N–H and O–H groups in total. The van der Waals surface area contributed by atoms with E-state index in [1.54, 1.807) is 0 Å². The van der Waals surface area contributed by atoms with Crippen LogP contribution in [0.1, 0.15) is 39.5 Å². The molecule has 0 aliphatic heterocycles. The molecule has 1 nitrogen and oxygen atoms in total. The van der Waals surface area contributed by atoms with E-state index in [-0.39, 0.29) is 11.5 Å². The summed E-state index contributed by atoms with van der Waals surface area (Å²) >= 11 is 0. The molecule has 0 aromatic heterocycles. The second kappa shape index (κ2) is 8.33. The lowest BCUT2D eigenvalue weighted by molar-refractivity contribution is 0.333. The van der Waals surface area contributed by atoms with Gasteiger partial charge < -0.3 is 0 Å². The van der Waals surface area contributed by atoms with Gasteiger partial charge in [-0.2, -0.15) is 0 Å². The summed E-state index contributed by atoms with van der Waals surface area (Å²) in [5.74, 6) is -0.00402. The highest BCUT2D eigenvalue weighted by Crippen LogP contribution is 2.08. The second-order valence-electron chi connectivity index (χ2n) is 3.55. The third-order valence-corrected chi connectivity index (χ3v) is 3.40. The van der Waals surface area contributed by atoms with Crippen LogP contribution in [0.2, 0.25) is 0 Å². The van der Waals surface area contributed by atoms with Gasteiger partial charge in [-0.25, -0.2) is 8.78 Å². The molecule has 0 aromatic carbocycles. The number of alkyl halides is 2. The SMILES string of the molecule is CCCC(F)CS(=O)CC(F)CCC. The number of halogens is 2. The van der Waals surface area contributed by atoms with Gasteiger partial charge in [0.05, 0.1) is 11.5 Å². The summed E-state index contributed by atoms with van der Waals surface area (Å²) in [6, 6.07) is 0. The van der Waals surface area contributed by atoms with Crippen LogP contribution in [0.5, 0.6) is 0 Å². The Morgan fingerprint density at radius 2 is 1.36 bits per heavy atom. The molecule has 0 rings (SSSR count). The fourth-order valence-corrected chi connectivity index (χ4v) is 2.54. The lowest BCUT2D eigenvalue weighted by Gasteiger charge is -2.09. The van der Waals surface area contributed by atoms with Crippen molar-refractivity contribution < 1.29 is 13.0 Å². The van der Waals surface area contributed by atoms with Crippen LogP contribution in [-0.4, -0.2) is 28.1 Å². The second-order valence-corrected chi connectivity index (χ2v) is 5.09. The van der Waals surface area contributed by atoms with Crippen molar-refractivity contribution >= 4 is 10.8 Å². The third kappa shape index (κ3) is 7.42. The van der Waals surface area contributed by atoms with Gasteiger partial charge in [-0.15, -0.1) is 0 Å². The number of hydrogen-bond acceptors (Lipinski definition) is 1. The van der Waals surface area contributed by atoms with Crippen molar-refractivity contribution in [3.8, 4) is 0 Å². The smallest absolute Gasteiger partial charge is 0.112 e. The summed E-state index contributed by atoms with van der Waals surface area (Å²) < 4.78 is 37.2. The average molecular weight is 226 g/mol. The van der Waals surface area contributed by atoms with Gasteiger partial charge in [0.15, 0.2) is 0 Å². The molecule has 86 valence electrons. The molecule has 0 aromatic rings. The van der Waals surface area contributed by atoms with E-state index in [0.29, 0.717) is 12.8 Å². The molecule has 0 bridgehead atoms. The maximum absolute atomic E-state index is 13.0. The van der Waals surface area contributed by atoms with Gasteiger partial charge in [0.25, 0.3) is 0 Å². The fraction of sp³-hybridized carbons (Fsp3) is 1.00. The van der Waals surface area contributed by atoms with E-state index in [0.717, 1.165) is 12.8 Å². The Balaban J connectivity index is 3.63. The summed E-state index contributed by atoms with van der Waals surface area (Å²) in [5.41, 5.74) is 0. The van der Waals surface area contributed by atoms with Crippen LogP contribution in [0.3, 0.4) is 0 Å². The van der Waals surface area contributed by atoms with E-state index >= 15 is 0 Å². The van der Waals surface area contributed by atoms with Crippen LogP contribution in [0.25, 0.3) is 0 Å². The molecule has 0 saturated carbocycles. The highest BCUT2D eigenvalue weighted by atomic mass is 32.2. The molecule has 2 unspecified atom stereocenters. The summed E-state index contributed by atoms with van der Waals surface area (Å²) in [6.45, 7) is 3.76. The summed E-state index contributed by atoms with van der Waals surface area (Å²) in [7, 11) is -1.33. The predicted octanol–water partition coefficient (Wildman–Crippen LogP) is 3.01. The first-order valence-corrected chi connectivity index (χ1v) is 6.72. The monoisotopic (exact) mass is 226 g/mol. The Bertz CT molecular complexity index is 148.